The molecule has 0 aliphatic rings. The number of aliphatic hydroxyl groups excluding tert-OH is 1. The highest BCUT2D eigenvalue weighted by molar-refractivity contribution is 5.92. The second-order valence-electron chi connectivity index (χ2n) is 2.45. The number of aromatic carboxylic acids is 1. The summed E-state index contributed by atoms with van der Waals surface area (Å²) in [7, 11) is 0. The van der Waals surface area contributed by atoms with Gasteiger partial charge in [-0.15, -0.1) is 0 Å². The van der Waals surface area contributed by atoms with E-state index in [1.54, 1.807) is 0 Å². The highest BCUT2D eigenvalue weighted by Gasteiger charge is 2.15. The van der Waals surface area contributed by atoms with Crippen LogP contribution in [0.5, 0.6) is 17.2 Å². The van der Waals surface area contributed by atoms with Gasteiger partial charge in [0.2, 0.25) is 5.75 Å². The van der Waals surface area contributed by atoms with Gasteiger partial charge in [0, 0.05) is 0 Å². The Morgan fingerprint density at radius 3 is 2.12 bits per heavy atom. The minimum absolute atomic E-state index is 0.375. The number of hydrogen-bond donors (Lipinski definition) is 5. The minimum Gasteiger partial charge on any atom is -0.504 e. The molecule has 0 amide bonds. The number of carboxylic acid groups (broad SMARTS) is 1. The van der Waals surface area contributed by atoms with Gasteiger partial charge >= 0.3 is 5.97 Å². The molecule has 0 heterocycles. The van der Waals surface area contributed by atoms with E-state index < -0.39 is 28.8 Å². The Hall–Kier alpha value is -2.46. The third-order valence-corrected chi connectivity index (χ3v) is 1.43. The summed E-state index contributed by atoms with van der Waals surface area (Å²) >= 11 is 0. The lowest BCUT2D eigenvalue weighted by Gasteiger charge is -2.02. The van der Waals surface area contributed by atoms with Crippen LogP contribution in [0.2, 0.25) is 0 Å². The predicted octanol–water partition coefficient (Wildman–Crippen LogP) is 0.00388. The number of nitrogens with zero attached hydrogens (tertiary/aromatic N) is 1. The van der Waals surface area contributed by atoms with Gasteiger partial charge in [-0.1, -0.05) is 0 Å². The van der Waals surface area contributed by atoms with Crippen LogP contribution in [0.1, 0.15) is 10.4 Å². The van der Waals surface area contributed by atoms with Crippen molar-refractivity contribution in [3.63, 3.8) is 0 Å². The second-order valence-corrected chi connectivity index (χ2v) is 2.45. The zero-order valence-electron chi connectivity index (χ0n) is 7.95. The second kappa shape index (κ2) is 6.10. The van der Waals surface area contributed by atoms with Crippen LogP contribution in [-0.4, -0.2) is 38.1 Å². The SMILES string of the molecule is N#CCO.O=C(O)c1ccc(O)c(O)c1O. The zero-order chi connectivity index (χ0) is 12.7. The van der Waals surface area contributed by atoms with E-state index in [0.29, 0.717) is 0 Å². The molecule has 16 heavy (non-hydrogen) atoms. The van der Waals surface area contributed by atoms with Crippen LogP contribution >= 0.6 is 0 Å². The van der Waals surface area contributed by atoms with E-state index in [0.717, 1.165) is 12.1 Å². The number of hydrogen-bond acceptors (Lipinski definition) is 6. The van der Waals surface area contributed by atoms with Crippen molar-refractivity contribution in [2.24, 2.45) is 0 Å². The summed E-state index contributed by atoms with van der Waals surface area (Å²) < 4.78 is 0. The normalized spacial score (nSPS) is 8.50. The Morgan fingerprint density at radius 2 is 1.75 bits per heavy atom. The Morgan fingerprint density at radius 1 is 1.25 bits per heavy atom. The molecule has 1 aromatic rings. The number of benzene rings is 1. The molecule has 7 heteroatoms. The van der Waals surface area contributed by atoms with E-state index in [1.165, 1.54) is 6.07 Å². The lowest BCUT2D eigenvalue weighted by molar-refractivity contribution is 0.0693. The molecule has 1 rings (SSSR count). The molecule has 5 N–H and O–H groups in total. The maximum absolute atomic E-state index is 10.3. The fourth-order valence-electron chi connectivity index (χ4n) is 0.742. The first-order valence-corrected chi connectivity index (χ1v) is 3.90. The smallest absolute Gasteiger partial charge is 0.339 e. The fraction of sp³-hybridized carbons (Fsp3) is 0.111. The number of aliphatic hydroxyl groups is 1. The Balaban J connectivity index is 0.000000487. The van der Waals surface area contributed by atoms with E-state index in [-0.39, 0.29) is 6.61 Å². The van der Waals surface area contributed by atoms with Crippen molar-refractivity contribution >= 4 is 5.97 Å². The van der Waals surface area contributed by atoms with Crippen LogP contribution < -0.4 is 0 Å². The number of carbonyl (C=O) groups is 1. The molecule has 0 unspecified atom stereocenters. The summed E-state index contributed by atoms with van der Waals surface area (Å²) in [5.74, 6) is -3.59. The number of nitriles is 1. The van der Waals surface area contributed by atoms with Gasteiger partial charge < -0.3 is 25.5 Å². The van der Waals surface area contributed by atoms with Crippen molar-refractivity contribution in [2.45, 2.75) is 0 Å². The molecule has 0 aliphatic carbocycles. The van der Waals surface area contributed by atoms with Crippen LogP contribution in [0.25, 0.3) is 0 Å². The van der Waals surface area contributed by atoms with Crippen molar-refractivity contribution in [3.8, 4) is 23.3 Å². The molecule has 1 aromatic carbocycles. The van der Waals surface area contributed by atoms with E-state index in [1.807, 2.05) is 0 Å². The Bertz CT molecular complexity index is 423. The van der Waals surface area contributed by atoms with E-state index in [4.69, 9.17) is 30.8 Å². The number of phenols is 3. The van der Waals surface area contributed by atoms with Crippen molar-refractivity contribution < 1.29 is 30.3 Å². The average Bonchev–Trinajstić information content (AvgIpc) is 2.26. The summed E-state index contributed by atoms with van der Waals surface area (Å²) in [4.78, 5) is 10.3. The standard InChI is InChI=1S/C7H6O5.C2H3NO/c8-4-2-1-3(7(11)12)5(9)6(4)10;3-1-2-4/h1-2,8-10H,(H,11,12);4H,2H2. The fourth-order valence-corrected chi connectivity index (χ4v) is 0.742. The van der Waals surface area contributed by atoms with Crippen LogP contribution in [0.15, 0.2) is 12.1 Å². The number of rotatable bonds is 1. The van der Waals surface area contributed by atoms with Gasteiger partial charge in [-0.25, -0.2) is 4.79 Å². The van der Waals surface area contributed by atoms with Gasteiger partial charge in [-0.05, 0) is 12.1 Å². The molecule has 0 bridgehead atoms. The minimum atomic E-state index is -1.37. The van der Waals surface area contributed by atoms with Gasteiger partial charge in [0.05, 0.1) is 6.07 Å². The summed E-state index contributed by atoms with van der Waals surface area (Å²) in [5.41, 5.74) is -0.453. The van der Waals surface area contributed by atoms with Crippen molar-refractivity contribution in [3.05, 3.63) is 17.7 Å². The molecule has 0 fully saturated rings. The third kappa shape index (κ3) is 3.36. The van der Waals surface area contributed by atoms with Gasteiger partial charge in [0.1, 0.15) is 12.2 Å². The predicted molar refractivity (Wildman–Crippen MR) is 51.1 cm³/mol. The molecular weight excluding hydrogens is 218 g/mol. The van der Waals surface area contributed by atoms with Crippen LogP contribution in [0.4, 0.5) is 0 Å². The molecule has 86 valence electrons. The molecular formula is C9H9NO6. The Labute approximate surface area is 90.1 Å². The zero-order valence-corrected chi connectivity index (χ0v) is 7.95. The van der Waals surface area contributed by atoms with Gasteiger partial charge in [-0.3, -0.25) is 0 Å². The molecule has 0 aliphatic heterocycles. The third-order valence-electron chi connectivity index (χ3n) is 1.43. The highest BCUT2D eigenvalue weighted by atomic mass is 16.4. The maximum Gasteiger partial charge on any atom is 0.339 e. The molecule has 0 spiro atoms. The van der Waals surface area contributed by atoms with Crippen molar-refractivity contribution in [1.29, 1.82) is 5.26 Å². The Kier molecular flexibility index (Phi) is 5.17. The van der Waals surface area contributed by atoms with E-state index in [9.17, 15) is 4.79 Å². The van der Waals surface area contributed by atoms with Crippen molar-refractivity contribution in [2.75, 3.05) is 6.61 Å². The number of aromatic hydroxyl groups is 3. The summed E-state index contributed by atoms with van der Waals surface area (Å²) in [6.45, 7) is -0.375. The number of phenolic OH excluding ortho intramolecular Hbond substituents is 2. The van der Waals surface area contributed by atoms with Crippen LogP contribution in [-0.2, 0) is 0 Å². The quantitative estimate of drug-likeness (QED) is 0.335. The lowest BCUT2D eigenvalue weighted by atomic mass is 10.2. The molecule has 7 nitrogen and oxygen atoms in total. The topological polar surface area (TPSA) is 142 Å². The first-order chi connectivity index (χ1) is 7.45. The summed E-state index contributed by atoms with van der Waals surface area (Å²) in [6.07, 6.45) is 0. The van der Waals surface area contributed by atoms with Gasteiger partial charge in [0.25, 0.3) is 0 Å². The van der Waals surface area contributed by atoms with Crippen LogP contribution in [0.3, 0.4) is 0 Å². The molecule has 0 saturated heterocycles. The first kappa shape index (κ1) is 13.5. The maximum atomic E-state index is 10.3. The molecule has 0 aromatic heterocycles. The van der Waals surface area contributed by atoms with E-state index >= 15 is 0 Å². The first-order valence-electron chi connectivity index (χ1n) is 3.90. The van der Waals surface area contributed by atoms with E-state index in [2.05, 4.69) is 0 Å². The monoisotopic (exact) mass is 227 g/mol. The van der Waals surface area contributed by atoms with Gasteiger partial charge in [0.15, 0.2) is 11.5 Å². The van der Waals surface area contributed by atoms with Gasteiger partial charge in [-0.2, -0.15) is 5.26 Å². The lowest BCUT2D eigenvalue weighted by Crippen LogP contribution is -1.96. The largest absolute Gasteiger partial charge is 0.504 e. The van der Waals surface area contributed by atoms with Crippen molar-refractivity contribution in [1.82, 2.24) is 0 Å². The summed E-state index contributed by atoms with van der Waals surface area (Å²) in [5, 5.41) is 50.0. The molecule has 0 saturated carbocycles. The van der Waals surface area contributed by atoms with Crippen LogP contribution in [0, 0.1) is 11.3 Å². The molecule has 0 atom stereocenters. The highest BCUT2D eigenvalue weighted by Crippen LogP contribution is 2.36. The summed E-state index contributed by atoms with van der Waals surface area (Å²) in [6, 6.07) is 3.46. The number of carboxylic acids is 1. The molecule has 0 radical (unpaired) electrons. The average molecular weight is 227 g/mol.